The Bertz CT molecular complexity index is 266. The fourth-order valence-electron chi connectivity index (χ4n) is 1.53. The molecule has 2 rings (SSSR count). The van der Waals surface area contributed by atoms with Crippen LogP contribution in [0.1, 0.15) is 12.0 Å². The predicted octanol–water partition coefficient (Wildman–Crippen LogP) is 0.958. The van der Waals surface area contributed by atoms with Gasteiger partial charge < -0.3 is 9.73 Å². The number of amides is 1. The summed E-state index contributed by atoms with van der Waals surface area (Å²) in [4.78, 5) is 11.2. The Morgan fingerprint density at radius 2 is 2.58 bits per heavy atom. The Morgan fingerprint density at radius 3 is 3.17 bits per heavy atom. The molecule has 0 radical (unpaired) electrons. The third-order valence-electron chi connectivity index (χ3n) is 2.23. The van der Waals surface area contributed by atoms with Crippen LogP contribution in [0.5, 0.6) is 0 Å². The maximum absolute atomic E-state index is 11.2. The summed E-state index contributed by atoms with van der Waals surface area (Å²) in [6.45, 7) is 0.821. The van der Waals surface area contributed by atoms with Crippen molar-refractivity contribution >= 4 is 5.91 Å². The molecule has 1 aromatic heterocycles. The van der Waals surface area contributed by atoms with E-state index in [-0.39, 0.29) is 11.8 Å². The number of carbonyl (C=O) groups is 1. The minimum absolute atomic E-state index is 0.155. The second-order valence-corrected chi connectivity index (χ2v) is 3.11. The molecule has 2 heterocycles. The Hall–Kier alpha value is -1.25. The minimum atomic E-state index is 0.155. The van der Waals surface area contributed by atoms with E-state index in [2.05, 4.69) is 5.32 Å². The van der Waals surface area contributed by atoms with E-state index in [4.69, 9.17) is 4.42 Å². The summed E-state index contributed by atoms with van der Waals surface area (Å²) in [5, 5.41) is 2.81. The molecule has 0 aliphatic carbocycles. The molecule has 1 aliphatic rings. The molecule has 1 aliphatic heterocycles. The fourth-order valence-corrected chi connectivity index (χ4v) is 1.53. The second kappa shape index (κ2) is 3.01. The molecule has 64 valence electrons. The van der Waals surface area contributed by atoms with Gasteiger partial charge >= 0.3 is 0 Å². The molecule has 1 saturated heterocycles. The van der Waals surface area contributed by atoms with Crippen LogP contribution in [0.3, 0.4) is 0 Å². The fraction of sp³-hybridized carbons (Fsp3) is 0.444. The Morgan fingerprint density at radius 1 is 1.67 bits per heavy atom. The van der Waals surface area contributed by atoms with Gasteiger partial charge in [0.1, 0.15) is 0 Å². The average Bonchev–Trinajstić information content (AvgIpc) is 2.65. The van der Waals surface area contributed by atoms with Gasteiger partial charge in [-0.15, -0.1) is 0 Å². The molecule has 0 bridgehead atoms. The highest BCUT2D eigenvalue weighted by atomic mass is 16.3. The largest absolute Gasteiger partial charge is 0.472 e. The van der Waals surface area contributed by atoms with Crippen molar-refractivity contribution in [3.05, 3.63) is 24.2 Å². The summed E-state index contributed by atoms with van der Waals surface area (Å²) < 4.78 is 4.93. The van der Waals surface area contributed by atoms with Crippen molar-refractivity contribution in [3.63, 3.8) is 0 Å². The van der Waals surface area contributed by atoms with E-state index < -0.39 is 0 Å². The van der Waals surface area contributed by atoms with Crippen LogP contribution in [-0.2, 0) is 11.2 Å². The summed E-state index contributed by atoms with van der Waals surface area (Å²) >= 11 is 0. The summed E-state index contributed by atoms with van der Waals surface area (Å²) in [7, 11) is 0. The van der Waals surface area contributed by atoms with E-state index in [1.807, 2.05) is 6.07 Å². The highest BCUT2D eigenvalue weighted by Gasteiger charge is 2.24. The van der Waals surface area contributed by atoms with Gasteiger partial charge in [0, 0.05) is 12.5 Å². The lowest BCUT2D eigenvalue weighted by Crippen LogP contribution is -2.20. The lowest BCUT2D eigenvalue weighted by molar-refractivity contribution is -0.122. The molecular formula is C9H11NO2. The van der Waals surface area contributed by atoms with E-state index in [9.17, 15) is 4.79 Å². The van der Waals surface area contributed by atoms with Gasteiger partial charge in [0.25, 0.3) is 0 Å². The first kappa shape index (κ1) is 7.40. The smallest absolute Gasteiger partial charge is 0.223 e. The molecule has 3 heteroatoms. The third kappa shape index (κ3) is 1.35. The van der Waals surface area contributed by atoms with Crippen LogP contribution in [0, 0.1) is 5.92 Å². The van der Waals surface area contributed by atoms with E-state index >= 15 is 0 Å². The van der Waals surface area contributed by atoms with Crippen molar-refractivity contribution < 1.29 is 9.21 Å². The van der Waals surface area contributed by atoms with Gasteiger partial charge in [0.15, 0.2) is 0 Å². The van der Waals surface area contributed by atoms with Crippen molar-refractivity contribution in [2.75, 3.05) is 6.54 Å². The van der Waals surface area contributed by atoms with Gasteiger partial charge in [0.2, 0.25) is 5.91 Å². The van der Waals surface area contributed by atoms with Gasteiger partial charge in [-0.05, 0) is 24.5 Å². The summed E-state index contributed by atoms with van der Waals surface area (Å²) in [5.41, 5.74) is 1.11. The molecule has 12 heavy (non-hydrogen) atoms. The molecule has 0 aromatic carbocycles. The van der Waals surface area contributed by atoms with E-state index in [0.717, 1.165) is 24.9 Å². The quantitative estimate of drug-likeness (QED) is 0.709. The Labute approximate surface area is 70.8 Å². The van der Waals surface area contributed by atoms with E-state index in [1.54, 1.807) is 12.5 Å². The van der Waals surface area contributed by atoms with Crippen LogP contribution in [0.4, 0.5) is 0 Å². The first-order chi connectivity index (χ1) is 5.86. The van der Waals surface area contributed by atoms with E-state index in [0.29, 0.717) is 0 Å². The van der Waals surface area contributed by atoms with Crippen molar-refractivity contribution in [2.45, 2.75) is 12.8 Å². The van der Waals surface area contributed by atoms with Crippen LogP contribution in [0.15, 0.2) is 23.0 Å². The molecule has 0 saturated carbocycles. The number of rotatable bonds is 2. The molecule has 1 N–H and O–H groups in total. The zero-order valence-electron chi connectivity index (χ0n) is 6.75. The highest BCUT2D eigenvalue weighted by Crippen LogP contribution is 2.16. The first-order valence-electron chi connectivity index (χ1n) is 4.15. The average molecular weight is 165 g/mol. The standard InChI is InChI=1S/C9H11NO2/c11-9-8(1-3-10-9)5-7-2-4-12-6-7/h2,4,6,8H,1,3,5H2,(H,10,11). The summed E-state index contributed by atoms with van der Waals surface area (Å²) in [6.07, 6.45) is 5.10. The molecule has 1 fully saturated rings. The molecule has 1 unspecified atom stereocenters. The molecule has 1 amide bonds. The topological polar surface area (TPSA) is 42.2 Å². The summed E-state index contributed by atoms with van der Waals surface area (Å²) in [5.74, 6) is 0.332. The maximum Gasteiger partial charge on any atom is 0.223 e. The van der Waals surface area contributed by atoms with Gasteiger partial charge in [-0.3, -0.25) is 4.79 Å². The van der Waals surface area contributed by atoms with Crippen molar-refractivity contribution in [2.24, 2.45) is 5.92 Å². The lowest BCUT2D eigenvalue weighted by atomic mass is 10.0. The predicted molar refractivity (Wildman–Crippen MR) is 43.5 cm³/mol. The van der Waals surface area contributed by atoms with Crippen LogP contribution in [-0.4, -0.2) is 12.5 Å². The number of furan rings is 1. The van der Waals surface area contributed by atoms with Crippen molar-refractivity contribution in [1.29, 1.82) is 0 Å². The molecule has 1 aromatic rings. The zero-order chi connectivity index (χ0) is 8.39. The zero-order valence-corrected chi connectivity index (χ0v) is 6.75. The molecule has 0 spiro atoms. The number of nitrogens with one attached hydrogen (secondary N) is 1. The number of hydrogen-bond acceptors (Lipinski definition) is 2. The normalized spacial score (nSPS) is 22.7. The van der Waals surface area contributed by atoms with Crippen LogP contribution in [0.2, 0.25) is 0 Å². The lowest BCUT2D eigenvalue weighted by Gasteiger charge is -2.02. The number of hydrogen-bond donors (Lipinski definition) is 1. The van der Waals surface area contributed by atoms with Gasteiger partial charge in [-0.25, -0.2) is 0 Å². The van der Waals surface area contributed by atoms with Crippen molar-refractivity contribution in [3.8, 4) is 0 Å². The minimum Gasteiger partial charge on any atom is -0.472 e. The Kier molecular flexibility index (Phi) is 1.86. The van der Waals surface area contributed by atoms with Gasteiger partial charge in [0.05, 0.1) is 12.5 Å². The molecule has 3 nitrogen and oxygen atoms in total. The summed E-state index contributed by atoms with van der Waals surface area (Å²) in [6, 6.07) is 1.91. The monoisotopic (exact) mass is 165 g/mol. The van der Waals surface area contributed by atoms with Crippen molar-refractivity contribution in [1.82, 2.24) is 5.32 Å². The van der Waals surface area contributed by atoms with Crippen LogP contribution in [0.25, 0.3) is 0 Å². The second-order valence-electron chi connectivity index (χ2n) is 3.11. The van der Waals surface area contributed by atoms with Crippen LogP contribution >= 0.6 is 0 Å². The van der Waals surface area contributed by atoms with E-state index in [1.165, 1.54) is 0 Å². The third-order valence-corrected chi connectivity index (χ3v) is 2.23. The van der Waals surface area contributed by atoms with Gasteiger partial charge in [-0.1, -0.05) is 0 Å². The number of carbonyl (C=O) groups excluding carboxylic acids is 1. The molecular weight excluding hydrogens is 154 g/mol. The van der Waals surface area contributed by atoms with Crippen LogP contribution < -0.4 is 5.32 Å². The SMILES string of the molecule is O=C1NCCC1Cc1ccoc1. The van der Waals surface area contributed by atoms with Gasteiger partial charge in [-0.2, -0.15) is 0 Å². The first-order valence-corrected chi connectivity index (χ1v) is 4.15. The molecule has 1 atom stereocenters. The Balaban J connectivity index is 1.99. The maximum atomic E-state index is 11.2. The highest BCUT2D eigenvalue weighted by molar-refractivity contribution is 5.80.